The smallest absolute Gasteiger partial charge is 0.163 e. The molecule has 0 radical (unpaired) electrons. The van der Waals surface area contributed by atoms with Crippen LogP contribution in [0.25, 0.3) is 10.9 Å². The van der Waals surface area contributed by atoms with Gasteiger partial charge < -0.3 is 19.8 Å². The van der Waals surface area contributed by atoms with Crippen molar-refractivity contribution in [1.82, 2.24) is 4.57 Å². The van der Waals surface area contributed by atoms with Gasteiger partial charge in [0.1, 0.15) is 13.2 Å². The zero-order valence-electron chi connectivity index (χ0n) is 12.2. The minimum atomic E-state index is 0.485. The maximum atomic E-state index is 5.70. The number of nitrogens with zero attached hydrogens (tertiary/aromatic N) is 1. The Labute approximate surface area is 119 Å². The van der Waals surface area contributed by atoms with Gasteiger partial charge in [0.25, 0.3) is 0 Å². The monoisotopic (exact) mass is 274 g/mol. The van der Waals surface area contributed by atoms with Gasteiger partial charge in [-0.25, -0.2) is 0 Å². The molecule has 0 aliphatic carbocycles. The first-order chi connectivity index (χ1) is 9.70. The number of hydrogen-bond acceptors (Lipinski definition) is 3. The lowest BCUT2D eigenvalue weighted by Crippen LogP contribution is -2.15. The lowest BCUT2D eigenvalue weighted by Gasteiger charge is -2.19. The predicted octanol–water partition coefficient (Wildman–Crippen LogP) is 2.88. The van der Waals surface area contributed by atoms with Crippen molar-refractivity contribution in [3.8, 4) is 11.5 Å². The zero-order chi connectivity index (χ0) is 14.1. The quantitative estimate of drug-likeness (QED) is 0.932. The molecule has 0 saturated heterocycles. The molecule has 2 heterocycles. The highest BCUT2D eigenvalue weighted by molar-refractivity contribution is 5.88. The standard InChI is InChI=1S/C16H22N2O2/c1-11(2)13-10-18(5-3-4-17)14-9-16-15(8-12(13)14)19-6-7-20-16/h8-11H,3-7,17H2,1-2H3. The van der Waals surface area contributed by atoms with Crippen LogP contribution in [0.5, 0.6) is 11.5 Å². The van der Waals surface area contributed by atoms with Gasteiger partial charge >= 0.3 is 0 Å². The first kappa shape index (κ1) is 13.3. The lowest BCUT2D eigenvalue weighted by atomic mass is 10.0. The molecule has 0 saturated carbocycles. The van der Waals surface area contributed by atoms with Crippen LogP contribution in [-0.2, 0) is 6.54 Å². The van der Waals surface area contributed by atoms with Gasteiger partial charge in [-0.2, -0.15) is 0 Å². The van der Waals surface area contributed by atoms with Crippen LogP contribution in [0, 0.1) is 0 Å². The second-order valence-electron chi connectivity index (χ2n) is 5.59. The molecule has 1 aliphatic rings. The van der Waals surface area contributed by atoms with Crippen LogP contribution in [0.15, 0.2) is 18.3 Å². The Kier molecular flexibility index (Phi) is 3.57. The summed E-state index contributed by atoms with van der Waals surface area (Å²) in [5.41, 5.74) is 8.21. The molecule has 3 rings (SSSR count). The van der Waals surface area contributed by atoms with E-state index in [1.807, 2.05) is 0 Å². The van der Waals surface area contributed by atoms with E-state index in [4.69, 9.17) is 15.2 Å². The molecule has 1 aromatic carbocycles. The van der Waals surface area contributed by atoms with E-state index in [2.05, 4.69) is 36.7 Å². The molecule has 1 aliphatic heterocycles. The minimum Gasteiger partial charge on any atom is -0.486 e. The van der Waals surface area contributed by atoms with E-state index in [1.54, 1.807) is 0 Å². The van der Waals surface area contributed by atoms with Crippen molar-refractivity contribution < 1.29 is 9.47 Å². The molecule has 0 amide bonds. The summed E-state index contributed by atoms with van der Waals surface area (Å²) in [5.74, 6) is 2.20. The van der Waals surface area contributed by atoms with Crippen LogP contribution in [0.1, 0.15) is 31.7 Å². The van der Waals surface area contributed by atoms with E-state index < -0.39 is 0 Å². The fourth-order valence-corrected chi connectivity index (χ4v) is 2.76. The molecule has 2 aromatic rings. The molecular weight excluding hydrogens is 252 g/mol. The van der Waals surface area contributed by atoms with Crippen molar-refractivity contribution in [3.63, 3.8) is 0 Å². The second-order valence-corrected chi connectivity index (χ2v) is 5.59. The third-order valence-electron chi connectivity index (χ3n) is 3.80. The molecule has 0 unspecified atom stereocenters. The summed E-state index contributed by atoms with van der Waals surface area (Å²) in [4.78, 5) is 0. The Bertz CT molecular complexity index is 616. The first-order valence-electron chi connectivity index (χ1n) is 7.33. The largest absolute Gasteiger partial charge is 0.486 e. The number of aromatic nitrogens is 1. The molecule has 108 valence electrons. The van der Waals surface area contributed by atoms with Crippen LogP contribution < -0.4 is 15.2 Å². The highest BCUT2D eigenvalue weighted by Crippen LogP contribution is 2.38. The number of benzene rings is 1. The maximum Gasteiger partial charge on any atom is 0.163 e. The summed E-state index contributed by atoms with van der Waals surface area (Å²) in [6, 6.07) is 4.23. The van der Waals surface area contributed by atoms with Crippen molar-refractivity contribution in [2.24, 2.45) is 5.73 Å². The molecule has 1 aromatic heterocycles. The average Bonchev–Trinajstić information content (AvgIpc) is 2.81. The van der Waals surface area contributed by atoms with Gasteiger partial charge in [-0.1, -0.05) is 13.8 Å². The van der Waals surface area contributed by atoms with E-state index >= 15 is 0 Å². The lowest BCUT2D eigenvalue weighted by molar-refractivity contribution is 0.172. The number of aryl methyl sites for hydroxylation is 1. The number of rotatable bonds is 4. The van der Waals surface area contributed by atoms with E-state index in [-0.39, 0.29) is 0 Å². The number of fused-ring (bicyclic) bond motifs is 2. The van der Waals surface area contributed by atoms with Gasteiger partial charge in [-0.05, 0) is 30.5 Å². The van der Waals surface area contributed by atoms with E-state index in [1.165, 1.54) is 16.5 Å². The maximum absolute atomic E-state index is 5.70. The normalized spacial score (nSPS) is 14.2. The second kappa shape index (κ2) is 5.37. The molecule has 0 spiro atoms. The van der Waals surface area contributed by atoms with Gasteiger partial charge in [0.05, 0.1) is 5.52 Å². The molecule has 0 fully saturated rings. The van der Waals surface area contributed by atoms with Crippen LogP contribution in [0.2, 0.25) is 0 Å². The highest BCUT2D eigenvalue weighted by Gasteiger charge is 2.18. The van der Waals surface area contributed by atoms with E-state index in [9.17, 15) is 0 Å². The van der Waals surface area contributed by atoms with Crippen LogP contribution in [0.4, 0.5) is 0 Å². The summed E-state index contributed by atoms with van der Waals surface area (Å²) in [5, 5.41) is 1.27. The third-order valence-corrected chi connectivity index (χ3v) is 3.80. The van der Waals surface area contributed by atoms with Crippen molar-refractivity contribution >= 4 is 10.9 Å². The highest BCUT2D eigenvalue weighted by atomic mass is 16.6. The Morgan fingerprint density at radius 3 is 2.55 bits per heavy atom. The summed E-state index contributed by atoms with van der Waals surface area (Å²) < 4.78 is 13.7. The summed E-state index contributed by atoms with van der Waals surface area (Å²) in [6.07, 6.45) is 3.23. The van der Waals surface area contributed by atoms with Crippen molar-refractivity contribution in [1.29, 1.82) is 0 Å². The minimum absolute atomic E-state index is 0.485. The third kappa shape index (κ3) is 2.24. The van der Waals surface area contributed by atoms with Crippen LogP contribution >= 0.6 is 0 Å². The molecular formula is C16H22N2O2. The molecule has 0 atom stereocenters. The van der Waals surface area contributed by atoms with Crippen LogP contribution in [0.3, 0.4) is 0 Å². The molecule has 4 nitrogen and oxygen atoms in total. The van der Waals surface area contributed by atoms with Gasteiger partial charge in [-0.3, -0.25) is 0 Å². The Morgan fingerprint density at radius 1 is 1.20 bits per heavy atom. The SMILES string of the molecule is CC(C)c1cn(CCCN)c2cc3c(cc12)OCCO3. The van der Waals surface area contributed by atoms with E-state index in [0.29, 0.717) is 25.7 Å². The molecule has 2 N–H and O–H groups in total. The fraction of sp³-hybridized carbons (Fsp3) is 0.500. The molecule has 4 heteroatoms. The summed E-state index contributed by atoms with van der Waals surface area (Å²) in [6.45, 7) is 7.35. The van der Waals surface area contributed by atoms with Gasteiger partial charge in [0.2, 0.25) is 0 Å². The number of ether oxygens (including phenoxy) is 2. The molecule has 20 heavy (non-hydrogen) atoms. The van der Waals surface area contributed by atoms with Gasteiger partial charge in [0, 0.05) is 24.2 Å². The van der Waals surface area contributed by atoms with Crippen LogP contribution in [-0.4, -0.2) is 24.3 Å². The van der Waals surface area contributed by atoms with Crippen molar-refractivity contribution in [2.75, 3.05) is 19.8 Å². The number of hydrogen-bond donors (Lipinski definition) is 1. The molecule has 0 bridgehead atoms. The zero-order valence-corrected chi connectivity index (χ0v) is 12.2. The first-order valence-corrected chi connectivity index (χ1v) is 7.33. The summed E-state index contributed by atoms with van der Waals surface area (Å²) >= 11 is 0. The Balaban J connectivity index is 2.14. The van der Waals surface area contributed by atoms with E-state index in [0.717, 1.165) is 24.5 Å². The average molecular weight is 274 g/mol. The number of nitrogens with two attached hydrogens (primary N) is 1. The topological polar surface area (TPSA) is 49.4 Å². The van der Waals surface area contributed by atoms with Gasteiger partial charge in [-0.15, -0.1) is 0 Å². The Hall–Kier alpha value is -1.68. The Morgan fingerprint density at radius 2 is 1.90 bits per heavy atom. The fourth-order valence-electron chi connectivity index (χ4n) is 2.76. The van der Waals surface area contributed by atoms with Crippen molar-refractivity contribution in [2.45, 2.75) is 32.7 Å². The predicted molar refractivity (Wildman–Crippen MR) is 80.7 cm³/mol. The van der Waals surface area contributed by atoms with Crippen molar-refractivity contribution in [3.05, 3.63) is 23.9 Å². The summed E-state index contributed by atoms with van der Waals surface area (Å²) in [7, 11) is 0. The van der Waals surface area contributed by atoms with Gasteiger partial charge in [0.15, 0.2) is 11.5 Å².